The topological polar surface area (TPSA) is 12.0 Å². The molecule has 1 N–H and O–H groups in total. The van der Waals surface area contributed by atoms with E-state index in [1.807, 2.05) is 0 Å². The first-order chi connectivity index (χ1) is 4.74. The van der Waals surface area contributed by atoms with Gasteiger partial charge in [-0.05, 0) is 30.7 Å². The van der Waals surface area contributed by atoms with E-state index in [0.29, 0.717) is 5.56 Å². The summed E-state index contributed by atoms with van der Waals surface area (Å²) in [4.78, 5) is 0. The van der Waals surface area contributed by atoms with Crippen LogP contribution in [0.1, 0.15) is 5.56 Å². The first-order valence-corrected chi connectivity index (χ1v) is 3.35. The van der Waals surface area contributed by atoms with Gasteiger partial charge in [0.1, 0.15) is 5.82 Å². The van der Waals surface area contributed by atoms with Gasteiger partial charge in [-0.3, -0.25) is 0 Å². The minimum absolute atomic E-state index is 0.188. The van der Waals surface area contributed by atoms with Gasteiger partial charge in [0.25, 0.3) is 0 Å². The molecule has 1 aromatic carbocycles. The maximum Gasteiger partial charge on any atom is 0.126 e. The van der Waals surface area contributed by atoms with Crippen LogP contribution in [0.15, 0.2) is 18.2 Å². The highest BCUT2D eigenvalue weighted by Gasteiger charge is 1.95. The van der Waals surface area contributed by atoms with E-state index in [-0.39, 0.29) is 5.82 Å². The molecular weight excluding hydrogens is 149 g/mol. The largest absolute Gasteiger partial charge is 0.332 e. The summed E-state index contributed by atoms with van der Waals surface area (Å²) in [5.41, 5.74) is 1.43. The molecular formula is C7H8FNS. The number of hydrogen-bond acceptors (Lipinski definition) is 2. The molecule has 0 aliphatic carbocycles. The summed E-state index contributed by atoms with van der Waals surface area (Å²) >= 11 is 3.82. The summed E-state index contributed by atoms with van der Waals surface area (Å²) in [6.07, 6.45) is 0. The highest BCUT2D eigenvalue weighted by molar-refractivity contribution is 7.81. The van der Waals surface area contributed by atoms with E-state index in [0.717, 1.165) is 5.69 Å². The maximum absolute atomic E-state index is 12.6. The Morgan fingerprint density at radius 1 is 1.50 bits per heavy atom. The molecule has 0 heterocycles. The second-order valence-corrected chi connectivity index (χ2v) is 2.30. The number of benzene rings is 1. The number of thiol groups is 1. The van der Waals surface area contributed by atoms with Crippen LogP contribution in [-0.2, 0) is 0 Å². The first-order valence-electron chi connectivity index (χ1n) is 2.90. The maximum atomic E-state index is 12.6. The van der Waals surface area contributed by atoms with E-state index < -0.39 is 0 Å². The second-order valence-electron chi connectivity index (χ2n) is 2.08. The van der Waals surface area contributed by atoms with Crippen molar-refractivity contribution in [3.63, 3.8) is 0 Å². The molecule has 0 aliphatic rings. The van der Waals surface area contributed by atoms with Crippen LogP contribution in [0.2, 0.25) is 0 Å². The van der Waals surface area contributed by atoms with Gasteiger partial charge in [-0.2, -0.15) is 0 Å². The van der Waals surface area contributed by atoms with Crippen LogP contribution in [0.3, 0.4) is 0 Å². The van der Waals surface area contributed by atoms with Gasteiger partial charge >= 0.3 is 0 Å². The number of nitrogens with one attached hydrogen (secondary N) is 1. The average molecular weight is 157 g/mol. The van der Waals surface area contributed by atoms with Crippen molar-refractivity contribution >= 4 is 18.5 Å². The highest BCUT2D eigenvalue weighted by Crippen LogP contribution is 2.13. The van der Waals surface area contributed by atoms with Crippen molar-refractivity contribution < 1.29 is 4.39 Å². The molecule has 0 radical (unpaired) electrons. The van der Waals surface area contributed by atoms with E-state index in [9.17, 15) is 4.39 Å². The van der Waals surface area contributed by atoms with Gasteiger partial charge in [0.05, 0.1) is 0 Å². The molecule has 1 rings (SSSR count). The summed E-state index contributed by atoms with van der Waals surface area (Å²) in [6.45, 7) is 1.71. The van der Waals surface area contributed by atoms with Crippen LogP contribution in [-0.4, -0.2) is 0 Å². The summed E-state index contributed by atoms with van der Waals surface area (Å²) in [5.74, 6) is -0.188. The Morgan fingerprint density at radius 2 is 2.20 bits per heavy atom. The molecule has 0 amide bonds. The van der Waals surface area contributed by atoms with Crippen LogP contribution < -0.4 is 4.72 Å². The zero-order valence-electron chi connectivity index (χ0n) is 5.56. The fraction of sp³-hybridized carbons (Fsp3) is 0.143. The van der Waals surface area contributed by atoms with Crippen LogP contribution in [0.25, 0.3) is 0 Å². The summed E-state index contributed by atoms with van der Waals surface area (Å²) < 4.78 is 15.2. The monoisotopic (exact) mass is 157 g/mol. The van der Waals surface area contributed by atoms with Gasteiger partial charge in [0.15, 0.2) is 0 Å². The van der Waals surface area contributed by atoms with Crippen LogP contribution in [0, 0.1) is 12.7 Å². The minimum atomic E-state index is -0.188. The van der Waals surface area contributed by atoms with E-state index in [4.69, 9.17) is 0 Å². The van der Waals surface area contributed by atoms with Crippen molar-refractivity contribution in [1.82, 2.24) is 0 Å². The Balaban J connectivity index is 3.04. The fourth-order valence-electron chi connectivity index (χ4n) is 0.714. The van der Waals surface area contributed by atoms with Gasteiger partial charge in [-0.1, -0.05) is 12.8 Å². The lowest BCUT2D eigenvalue weighted by Gasteiger charge is -1.99. The third-order valence-electron chi connectivity index (χ3n) is 1.29. The van der Waals surface area contributed by atoms with Crippen molar-refractivity contribution in [2.75, 3.05) is 4.72 Å². The molecule has 0 atom stereocenters. The minimum Gasteiger partial charge on any atom is -0.332 e. The van der Waals surface area contributed by atoms with Crippen molar-refractivity contribution in [3.8, 4) is 0 Å². The second kappa shape index (κ2) is 2.92. The van der Waals surface area contributed by atoms with E-state index in [1.54, 1.807) is 19.1 Å². The SMILES string of the molecule is Cc1cc(NS)ccc1F. The van der Waals surface area contributed by atoms with Gasteiger partial charge in [-0.15, -0.1) is 0 Å². The quantitative estimate of drug-likeness (QED) is 0.596. The van der Waals surface area contributed by atoms with Crippen molar-refractivity contribution in [2.45, 2.75) is 6.92 Å². The number of hydrogen-bond donors (Lipinski definition) is 2. The molecule has 1 aromatic rings. The standard InChI is InChI=1S/C7H8FNS/c1-5-4-6(9-10)2-3-7(5)8/h2-4,9-10H,1H3. The van der Waals surface area contributed by atoms with Gasteiger partial charge in [-0.25, -0.2) is 4.39 Å². The molecule has 0 spiro atoms. The molecule has 0 fully saturated rings. The molecule has 0 unspecified atom stereocenters. The van der Waals surface area contributed by atoms with E-state index in [2.05, 4.69) is 17.5 Å². The predicted octanol–water partition coefficient (Wildman–Crippen LogP) is 2.39. The molecule has 0 saturated heterocycles. The molecule has 10 heavy (non-hydrogen) atoms. The Morgan fingerprint density at radius 3 is 2.70 bits per heavy atom. The molecule has 1 nitrogen and oxygen atoms in total. The van der Waals surface area contributed by atoms with Crippen molar-refractivity contribution in [2.24, 2.45) is 0 Å². The Labute approximate surface area is 64.8 Å². The number of rotatable bonds is 1. The summed E-state index contributed by atoms with van der Waals surface area (Å²) in [5, 5.41) is 0. The first kappa shape index (κ1) is 7.41. The Bertz CT molecular complexity index is 237. The number of aryl methyl sites for hydroxylation is 1. The van der Waals surface area contributed by atoms with Gasteiger partial charge in [0, 0.05) is 5.69 Å². The van der Waals surface area contributed by atoms with E-state index in [1.165, 1.54) is 6.07 Å². The zero-order valence-corrected chi connectivity index (χ0v) is 6.45. The molecule has 0 bridgehead atoms. The Kier molecular flexibility index (Phi) is 2.17. The number of halogens is 1. The normalized spacial score (nSPS) is 9.50. The van der Waals surface area contributed by atoms with Crippen LogP contribution in [0.5, 0.6) is 0 Å². The zero-order chi connectivity index (χ0) is 7.56. The third kappa shape index (κ3) is 1.42. The lowest BCUT2D eigenvalue weighted by atomic mass is 10.2. The number of anilines is 1. The third-order valence-corrected chi connectivity index (χ3v) is 1.55. The summed E-state index contributed by atoms with van der Waals surface area (Å²) in [7, 11) is 0. The molecule has 0 aromatic heterocycles. The fourth-order valence-corrected chi connectivity index (χ4v) is 0.853. The van der Waals surface area contributed by atoms with Crippen molar-refractivity contribution in [1.29, 1.82) is 0 Å². The highest BCUT2D eigenvalue weighted by atomic mass is 32.1. The molecule has 0 aliphatic heterocycles. The van der Waals surface area contributed by atoms with Crippen LogP contribution in [0.4, 0.5) is 10.1 Å². The average Bonchev–Trinajstić information content (AvgIpc) is 1.95. The lowest BCUT2D eigenvalue weighted by molar-refractivity contribution is 0.619. The summed E-state index contributed by atoms with van der Waals surface area (Å²) in [6, 6.07) is 4.74. The van der Waals surface area contributed by atoms with Gasteiger partial charge in [0.2, 0.25) is 0 Å². The lowest BCUT2D eigenvalue weighted by Crippen LogP contribution is -1.84. The van der Waals surface area contributed by atoms with Crippen molar-refractivity contribution in [3.05, 3.63) is 29.6 Å². The Hall–Kier alpha value is -0.700. The molecule has 54 valence electrons. The smallest absolute Gasteiger partial charge is 0.126 e. The predicted molar refractivity (Wildman–Crippen MR) is 43.7 cm³/mol. The van der Waals surface area contributed by atoms with E-state index >= 15 is 0 Å². The van der Waals surface area contributed by atoms with Crippen LogP contribution >= 0.6 is 12.8 Å². The molecule has 3 heteroatoms. The van der Waals surface area contributed by atoms with Gasteiger partial charge < -0.3 is 4.72 Å². The molecule has 0 saturated carbocycles.